The maximum atomic E-state index is 13.0. The first-order valence-corrected chi connectivity index (χ1v) is 9.34. The Kier molecular flexibility index (Phi) is 5.98. The summed E-state index contributed by atoms with van der Waals surface area (Å²) in [4.78, 5) is 11.4. The molecule has 2 heterocycles. The van der Waals surface area contributed by atoms with Crippen LogP contribution in [0.2, 0.25) is 0 Å². The van der Waals surface area contributed by atoms with Crippen LogP contribution in [-0.4, -0.2) is 27.7 Å². The van der Waals surface area contributed by atoms with E-state index in [9.17, 15) is 4.39 Å². The van der Waals surface area contributed by atoms with Crippen molar-refractivity contribution in [2.24, 2.45) is 0 Å². The molecule has 2 N–H and O–H groups in total. The van der Waals surface area contributed by atoms with Gasteiger partial charge in [-0.2, -0.15) is 4.98 Å². The summed E-state index contributed by atoms with van der Waals surface area (Å²) in [6.45, 7) is 5.72. The fourth-order valence-corrected chi connectivity index (χ4v) is 3.29. The number of hydrogen-bond acceptors (Lipinski definition) is 4. The third kappa shape index (κ3) is 4.88. The third-order valence-corrected chi connectivity index (χ3v) is 4.78. The van der Waals surface area contributed by atoms with Crippen molar-refractivity contribution in [3.63, 3.8) is 0 Å². The van der Waals surface area contributed by atoms with Crippen LogP contribution in [0, 0.1) is 12.7 Å². The smallest absolute Gasteiger partial charge is 0.231 e. The van der Waals surface area contributed by atoms with Crippen molar-refractivity contribution >= 4 is 29.1 Å². The van der Waals surface area contributed by atoms with E-state index >= 15 is 0 Å². The van der Waals surface area contributed by atoms with E-state index in [0.717, 1.165) is 23.6 Å². The molecular weight excluding hydrogens is 349 g/mol. The number of halogens is 1. The molecule has 138 valence electrons. The minimum absolute atomic E-state index is 0.248. The second-order valence-electron chi connectivity index (χ2n) is 6.66. The van der Waals surface area contributed by atoms with E-state index in [1.807, 2.05) is 13.0 Å². The SMILES string of the molecule is Cc1cc(N2CCCC[C@@H]2C)nc(NC(=S)NCc2ccc(F)cc2)n1. The largest absolute Gasteiger partial charge is 0.358 e. The number of rotatable bonds is 4. The summed E-state index contributed by atoms with van der Waals surface area (Å²) in [7, 11) is 0. The number of hydrogen-bond donors (Lipinski definition) is 2. The molecule has 5 nitrogen and oxygen atoms in total. The number of nitrogens with one attached hydrogen (secondary N) is 2. The van der Waals surface area contributed by atoms with E-state index < -0.39 is 0 Å². The van der Waals surface area contributed by atoms with E-state index in [1.165, 1.54) is 31.4 Å². The maximum Gasteiger partial charge on any atom is 0.231 e. The molecule has 0 bridgehead atoms. The van der Waals surface area contributed by atoms with Gasteiger partial charge in [-0.15, -0.1) is 0 Å². The molecule has 0 amide bonds. The number of aryl methyl sites for hydroxylation is 1. The minimum atomic E-state index is -0.248. The first kappa shape index (κ1) is 18.5. The summed E-state index contributed by atoms with van der Waals surface area (Å²) in [5.74, 6) is 1.19. The highest BCUT2D eigenvalue weighted by Gasteiger charge is 2.20. The molecule has 1 aromatic carbocycles. The number of thiocarbonyl (C=S) groups is 1. The molecule has 0 spiro atoms. The summed E-state index contributed by atoms with van der Waals surface area (Å²) < 4.78 is 13.0. The molecular formula is C19H24FN5S. The maximum absolute atomic E-state index is 13.0. The topological polar surface area (TPSA) is 53.1 Å². The Bertz CT molecular complexity index is 765. The quantitative estimate of drug-likeness (QED) is 0.796. The van der Waals surface area contributed by atoms with Crippen molar-refractivity contribution < 1.29 is 4.39 Å². The van der Waals surface area contributed by atoms with Crippen LogP contribution in [-0.2, 0) is 6.54 Å². The van der Waals surface area contributed by atoms with Gasteiger partial charge in [-0.05, 0) is 63.0 Å². The Morgan fingerprint density at radius 1 is 1.27 bits per heavy atom. The van der Waals surface area contributed by atoms with E-state index in [0.29, 0.717) is 23.6 Å². The van der Waals surface area contributed by atoms with Gasteiger partial charge in [-0.1, -0.05) is 12.1 Å². The Hall–Kier alpha value is -2.28. The van der Waals surface area contributed by atoms with Gasteiger partial charge in [0, 0.05) is 30.9 Å². The zero-order valence-electron chi connectivity index (χ0n) is 15.1. The molecule has 0 radical (unpaired) electrons. The normalized spacial score (nSPS) is 17.0. The highest BCUT2D eigenvalue weighted by atomic mass is 32.1. The van der Waals surface area contributed by atoms with Crippen molar-refractivity contribution in [2.75, 3.05) is 16.8 Å². The van der Waals surface area contributed by atoms with Gasteiger partial charge in [0.1, 0.15) is 11.6 Å². The highest BCUT2D eigenvalue weighted by molar-refractivity contribution is 7.80. The lowest BCUT2D eigenvalue weighted by Crippen LogP contribution is -2.38. The van der Waals surface area contributed by atoms with Crippen LogP contribution in [0.3, 0.4) is 0 Å². The zero-order valence-corrected chi connectivity index (χ0v) is 15.9. The molecule has 3 rings (SSSR count). The molecule has 1 aromatic heterocycles. The minimum Gasteiger partial charge on any atom is -0.358 e. The predicted octanol–water partition coefficient (Wildman–Crippen LogP) is 3.79. The average molecular weight is 374 g/mol. The fourth-order valence-electron chi connectivity index (χ4n) is 3.12. The summed E-state index contributed by atoms with van der Waals surface area (Å²) in [5.41, 5.74) is 1.85. The number of anilines is 2. The van der Waals surface area contributed by atoms with Gasteiger partial charge in [0.05, 0.1) is 0 Å². The highest BCUT2D eigenvalue weighted by Crippen LogP contribution is 2.24. The zero-order chi connectivity index (χ0) is 18.5. The van der Waals surface area contributed by atoms with E-state index in [4.69, 9.17) is 12.2 Å². The molecule has 1 fully saturated rings. The molecule has 1 aliphatic heterocycles. The van der Waals surface area contributed by atoms with Gasteiger partial charge < -0.3 is 15.5 Å². The van der Waals surface area contributed by atoms with Crippen LogP contribution < -0.4 is 15.5 Å². The number of benzene rings is 1. The van der Waals surface area contributed by atoms with Crippen molar-refractivity contribution in [1.29, 1.82) is 0 Å². The number of piperidine rings is 1. The Morgan fingerprint density at radius 2 is 2.04 bits per heavy atom. The Balaban J connectivity index is 1.63. The summed E-state index contributed by atoms with van der Waals surface area (Å²) in [6.07, 6.45) is 3.64. The van der Waals surface area contributed by atoms with Crippen LogP contribution in [0.1, 0.15) is 37.4 Å². The standard InChI is InChI=1S/C19H24FN5S/c1-13-11-17(25-10-4-3-5-14(25)2)23-18(22-13)24-19(26)21-12-15-6-8-16(20)9-7-15/h6-9,11,14H,3-5,10,12H2,1-2H3,(H2,21,22,23,24,26)/t14-/m0/s1. The van der Waals surface area contributed by atoms with Crippen molar-refractivity contribution in [2.45, 2.75) is 45.7 Å². The molecule has 0 unspecified atom stereocenters. The molecule has 2 aromatic rings. The van der Waals surface area contributed by atoms with Crippen LogP contribution in [0.5, 0.6) is 0 Å². The lowest BCUT2D eigenvalue weighted by Gasteiger charge is -2.34. The van der Waals surface area contributed by atoms with Crippen molar-refractivity contribution in [3.05, 3.63) is 47.4 Å². The number of nitrogens with zero attached hydrogens (tertiary/aromatic N) is 3. The number of aromatic nitrogens is 2. The second-order valence-corrected chi connectivity index (χ2v) is 7.07. The van der Waals surface area contributed by atoms with E-state index in [1.54, 1.807) is 12.1 Å². The van der Waals surface area contributed by atoms with Crippen molar-refractivity contribution in [3.8, 4) is 0 Å². The van der Waals surface area contributed by atoms with Gasteiger partial charge in [0.2, 0.25) is 5.95 Å². The van der Waals surface area contributed by atoms with Crippen LogP contribution in [0.25, 0.3) is 0 Å². The summed E-state index contributed by atoms with van der Waals surface area (Å²) in [6, 6.07) is 8.82. The first-order chi connectivity index (χ1) is 12.5. The molecule has 0 aliphatic carbocycles. The summed E-state index contributed by atoms with van der Waals surface area (Å²) in [5, 5.41) is 6.60. The van der Waals surface area contributed by atoms with Crippen LogP contribution in [0.15, 0.2) is 30.3 Å². The third-order valence-electron chi connectivity index (χ3n) is 4.53. The molecule has 1 saturated heterocycles. The van der Waals surface area contributed by atoms with E-state index in [-0.39, 0.29) is 5.82 Å². The first-order valence-electron chi connectivity index (χ1n) is 8.93. The van der Waals surface area contributed by atoms with Gasteiger partial charge in [-0.3, -0.25) is 0 Å². The second kappa shape index (κ2) is 8.40. The van der Waals surface area contributed by atoms with Crippen LogP contribution in [0.4, 0.5) is 16.2 Å². The van der Waals surface area contributed by atoms with Gasteiger partial charge >= 0.3 is 0 Å². The Labute approximate surface area is 159 Å². The predicted molar refractivity (Wildman–Crippen MR) is 107 cm³/mol. The molecule has 1 aliphatic rings. The van der Waals surface area contributed by atoms with Crippen LogP contribution >= 0.6 is 12.2 Å². The molecule has 26 heavy (non-hydrogen) atoms. The molecule has 7 heteroatoms. The fraction of sp³-hybridized carbons (Fsp3) is 0.421. The van der Waals surface area contributed by atoms with Crippen molar-refractivity contribution in [1.82, 2.24) is 15.3 Å². The lowest BCUT2D eigenvalue weighted by molar-refractivity contribution is 0.481. The van der Waals surface area contributed by atoms with Gasteiger partial charge in [-0.25, -0.2) is 9.37 Å². The van der Waals surface area contributed by atoms with E-state index in [2.05, 4.69) is 32.4 Å². The molecule has 0 saturated carbocycles. The monoisotopic (exact) mass is 373 g/mol. The van der Waals surface area contributed by atoms with Gasteiger partial charge in [0.15, 0.2) is 5.11 Å². The van der Waals surface area contributed by atoms with Gasteiger partial charge in [0.25, 0.3) is 0 Å². The molecule has 1 atom stereocenters. The summed E-state index contributed by atoms with van der Waals surface area (Å²) >= 11 is 5.34. The average Bonchev–Trinajstić information content (AvgIpc) is 2.61. The Morgan fingerprint density at radius 3 is 2.77 bits per heavy atom. The lowest BCUT2D eigenvalue weighted by atomic mass is 10.0.